The van der Waals surface area contributed by atoms with E-state index in [1.807, 2.05) is 34.9 Å². The van der Waals surface area contributed by atoms with Gasteiger partial charge in [-0.15, -0.1) is 10.2 Å². The third-order valence-corrected chi connectivity index (χ3v) is 4.73. The van der Waals surface area contributed by atoms with Crippen LogP contribution in [0.5, 0.6) is 0 Å². The third kappa shape index (κ3) is 4.06. The monoisotopic (exact) mass is 356 g/mol. The fourth-order valence-corrected chi connectivity index (χ4v) is 3.17. The topological polar surface area (TPSA) is 73.8 Å². The second-order valence-electron chi connectivity index (χ2n) is 5.54. The van der Waals surface area contributed by atoms with Crippen molar-refractivity contribution >= 4 is 17.7 Å². The van der Waals surface area contributed by atoms with Gasteiger partial charge in [0, 0.05) is 12.1 Å². The molecule has 0 saturated heterocycles. The van der Waals surface area contributed by atoms with E-state index in [0.717, 1.165) is 11.3 Å². The summed E-state index contributed by atoms with van der Waals surface area (Å²) in [5.41, 5.74) is 7.17. The molecule has 5 nitrogen and oxygen atoms in total. The van der Waals surface area contributed by atoms with Crippen molar-refractivity contribution < 1.29 is 9.18 Å². The normalized spacial score (nSPS) is 12.1. The van der Waals surface area contributed by atoms with E-state index < -0.39 is 11.2 Å². The first-order valence-corrected chi connectivity index (χ1v) is 8.62. The molecule has 128 valence electrons. The minimum Gasteiger partial charge on any atom is -0.369 e. The highest BCUT2D eigenvalue weighted by Crippen LogP contribution is 2.26. The number of benzene rings is 2. The number of primary amides is 1. The number of thioether (sulfide) groups is 1. The molecule has 0 unspecified atom stereocenters. The number of hydrogen-bond donors (Lipinski definition) is 1. The van der Waals surface area contributed by atoms with Crippen LogP contribution < -0.4 is 5.73 Å². The van der Waals surface area contributed by atoms with Crippen molar-refractivity contribution in [3.05, 3.63) is 71.8 Å². The average molecular weight is 356 g/mol. The molecule has 0 bridgehead atoms. The molecule has 2 aromatic carbocycles. The molecular formula is C18H17FN4OS. The van der Waals surface area contributed by atoms with Crippen LogP contribution in [0.3, 0.4) is 0 Å². The summed E-state index contributed by atoms with van der Waals surface area (Å²) < 4.78 is 15.1. The van der Waals surface area contributed by atoms with Crippen LogP contribution in [0.2, 0.25) is 0 Å². The summed E-state index contributed by atoms with van der Waals surface area (Å²) in [6.45, 7) is 1.72. The molecule has 0 radical (unpaired) electrons. The molecule has 1 heterocycles. The van der Waals surface area contributed by atoms with E-state index in [2.05, 4.69) is 10.2 Å². The van der Waals surface area contributed by atoms with E-state index in [-0.39, 0.29) is 5.82 Å². The number of carbonyl (C=O) groups is 1. The van der Waals surface area contributed by atoms with Gasteiger partial charge < -0.3 is 5.73 Å². The molecule has 2 N–H and O–H groups in total. The molecule has 0 aliphatic carbocycles. The highest BCUT2D eigenvalue weighted by atomic mass is 32.2. The SMILES string of the molecule is C[C@@H](Sc1nnc(Cc2ccccc2)n1-c1ccc(F)cc1)C(N)=O. The fourth-order valence-electron chi connectivity index (χ4n) is 2.34. The zero-order valence-corrected chi connectivity index (χ0v) is 14.4. The first-order chi connectivity index (χ1) is 12.0. The summed E-state index contributed by atoms with van der Waals surface area (Å²) in [6, 6.07) is 16.0. The number of nitrogens with two attached hydrogens (primary N) is 1. The minimum atomic E-state index is -0.451. The maximum Gasteiger partial charge on any atom is 0.230 e. The predicted molar refractivity (Wildman–Crippen MR) is 95.1 cm³/mol. The van der Waals surface area contributed by atoms with E-state index in [1.165, 1.54) is 23.9 Å². The van der Waals surface area contributed by atoms with Crippen molar-refractivity contribution in [3.8, 4) is 5.69 Å². The Morgan fingerprint density at radius 3 is 2.48 bits per heavy atom. The smallest absolute Gasteiger partial charge is 0.230 e. The Balaban J connectivity index is 2.01. The molecule has 1 atom stereocenters. The Bertz CT molecular complexity index is 865. The van der Waals surface area contributed by atoms with Crippen molar-refractivity contribution in [1.29, 1.82) is 0 Å². The highest BCUT2D eigenvalue weighted by Gasteiger charge is 2.19. The Morgan fingerprint density at radius 2 is 1.84 bits per heavy atom. The van der Waals surface area contributed by atoms with E-state index in [9.17, 15) is 9.18 Å². The third-order valence-electron chi connectivity index (χ3n) is 3.67. The van der Waals surface area contributed by atoms with Gasteiger partial charge in [0.05, 0.1) is 5.25 Å². The highest BCUT2D eigenvalue weighted by molar-refractivity contribution is 8.00. The number of amides is 1. The van der Waals surface area contributed by atoms with Crippen LogP contribution in [0, 0.1) is 5.82 Å². The van der Waals surface area contributed by atoms with Crippen molar-refractivity contribution in [3.63, 3.8) is 0 Å². The quantitative estimate of drug-likeness (QED) is 0.689. The van der Waals surface area contributed by atoms with Gasteiger partial charge >= 0.3 is 0 Å². The van der Waals surface area contributed by atoms with E-state index in [4.69, 9.17) is 5.73 Å². The van der Waals surface area contributed by atoms with E-state index in [1.54, 1.807) is 19.1 Å². The summed E-state index contributed by atoms with van der Waals surface area (Å²) >= 11 is 1.23. The molecular weight excluding hydrogens is 339 g/mol. The largest absolute Gasteiger partial charge is 0.369 e. The lowest BCUT2D eigenvalue weighted by molar-refractivity contribution is -0.117. The summed E-state index contributed by atoms with van der Waals surface area (Å²) in [5, 5.41) is 8.57. The van der Waals surface area contributed by atoms with Crippen LogP contribution in [0.25, 0.3) is 5.69 Å². The minimum absolute atomic E-state index is 0.318. The Labute approximate surface area is 149 Å². The Kier molecular flexibility index (Phi) is 5.14. The van der Waals surface area contributed by atoms with Crippen molar-refractivity contribution in [2.24, 2.45) is 5.73 Å². The number of halogens is 1. The van der Waals surface area contributed by atoms with Gasteiger partial charge in [-0.1, -0.05) is 42.1 Å². The number of carbonyl (C=O) groups excluding carboxylic acids is 1. The van der Waals surface area contributed by atoms with Crippen molar-refractivity contribution in [1.82, 2.24) is 14.8 Å². The van der Waals surface area contributed by atoms with Crippen molar-refractivity contribution in [2.75, 3.05) is 0 Å². The molecule has 1 amide bonds. The molecule has 25 heavy (non-hydrogen) atoms. The molecule has 0 aliphatic rings. The average Bonchev–Trinajstić information content (AvgIpc) is 2.98. The predicted octanol–water partition coefficient (Wildman–Crippen LogP) is 2.96. The molecule has 3 aromatic rings. The summed E-state index contributed by atoms with van der Waals surface area (Å²) in [7, 11) is 0. The van der Waals surface area contributed by atoms with Gasteiger partial charge in [-0.25, -0.2) is 4.39 Å². The lowest BCUT2D eigenvalue weighted by atomic mass is 10.1. The number of aromatic nitrogens is 3. The number of hydrogen-bond acceptors (Lipinski definition) is 4. The van der Waals surface area contributed by atoms with Crippen molar-refractivity contribution in [2.45, 2.75) is 23.8 Å². The zero-order valence-electron chi connectivity index (χ0n) is 13.6. The van der Waals surface area contributed by atoms with Gasteiger partial charge in [-0.3, -0.25) is 9.36 Å². The van der Waals surface area contributed by atoms with Crippen LogP contribution in [-0.2, 0) is 11.2 Å². The summed E-state index contributed by atoms with van der Waals surface area (Å²) in [4.78, 5) is 11.4. The maximum atomic E-state index is 13.3. The summed E-state index contributed by atoms with van der Waals surface area (Å²) in [6.07, 6.45) is 0.566. The molecule has 0 fully saturated rings. The molecule has 7 heteroatoms. The van der Waals surface area contributed by atoms with Gasteiger partial charge in [-0.05, 0) is 36.8 Å². The van der Waals surface area contributed by atoms with E-state index in [0.29, 0.717) is 17.4 Å². The van der Waals surface area contributed by atoms with Crippen LogP contribution in [-0.4, -0.2) is 25.9 Å². The zero-order chi connectivity index (χ0) is 17.8. The lowest BCUT2D eigenvalue weighted by Crippen LogP contribution is -2.23. The van der Waals surface area contributed by atoms with Gasteiger partial charge in [0.25, 0.3) is 0 Å². The summed E-state index contributed by atoms with van der Waals surface area (Å²) in [5.74, 6) is -0.0404. The van der Waals surface area contributed by atoms with Crippen LogP contribution >= 0.6 is 11.8 Å². The Morgan fingerprint density at radius 1 is 1.16 bits per heavy atom. The molecule has 0 aliphatic heterocycles. The van der Waals surface area contributed by atoms with Crippen LogP contribution in [0.4, 0.5) is 4.39 Å². The van der Waals surface area contributed by atoms with Gasteiger partial charge in [-0.2, -0.15) is 0 Å². The second kappa shape index (κ2) is 7.48. The molecule has 1 aromatic heterocycles. The van der Waals surface area contributed by atoms with Gasteiger partial charge in [0.2, 0.25) is 5.91 Å². The maximum absolute atomic E-state index is 13.3. The van der Waals surface area contributed by atoms with Crippen LogP contribution in [0.15, 0.2) is 59.8 Å². The standard InChI is InChI=1S/C18H17FN4OS/c1-12(17(20)24)25-18-22-21-16(11-13-5-3-2-4-6-13)23(18)15-9-7-14(19)8-10-15/h2-10,12H,11H2,1H3,(H2,20,24)/t12-/m1/s1. The van der Waals surface area contributed by atoms with Gasteiger partial charge in [0.15, 0.2) is 5.16 Å². The molecule has 0 saturated carbocycles. The number of rotatable bonds is 6. The van der Waals surface area contributed by atoms with E-state index >= 15 is 0 Å². The first kappa shape index (κ1) is 17.2. The Hall–Kier alpha value is -2.67. The van der Waals surface area contributed by atoms with Crippen LogP contribution in [0.1, 0.15) is 18.3 Å². The first-order valence-electron chi connectivity index (χ1n) is 7.74. The molecule has 0 spiro atoms. The van der Waals surface area contributed by atoms with Gasteiger partial charge in [0.1, 0.15) is 11.6 Å². The lowest BCUT2D eigenvalue weighted by Gasteiger charge is -2.12. The fraction of sp³-hybridized carbons (Fsp3) is 0.167. The molecule has 3 rings (SSSR count). The second-order valence-corrected chi connectivity index (χ2v) is 6.84. The number of nitrogens with zero attached hydrogens (tertiary/aromatic N) is 3.